The van der Waals surface area contributed by atoms with Crippen LogP contribution >= 0.6 is 0 Å². The molecular weight excluding hydrogens is 130 g/mol. The molecule has 0 radical (unpaired) electrons. The van der Waals surface area contributed by atoms with E-state index in [4.69, 9.17) is 9.68 Å². The monoisotopic (exact) mass is 135 g/mol. The largest absolute Gasteiger partial charge is 0.468 e. The minimum absolute atomic E-state index is 0.0469. The van der Waals surface area contributed by atoms with Crippen molar-refractivity contribution in [1.29, 1.82) is 5.26 Å². The highest BCUT2D eigenvalue weighted by molar-refractivity contribution is 5.24. The lowest BCUT2D eigenvalue weighted by Gasteiger charge is -1.88. The second-order valence-corrected chi connectivity index (χ2v) is 1.88. The number of nitriles is 1. The molecule has 0 saturated carbocycles. The lowest BCUT2D eigenvalue weighted by Crippen LogP contribution is -2.02. The molecule has 50 valence electrons. The molecule has 0 aliphatic heterocycles. The van der Waals surface area contributed by atoms with Gasteiger partial charge < -0.3 is 4.42 Å². The van der Waals surface area contributed by atoms with Gasteiger partial charge in [-0.1, -0.05) is 0 Å². The maximum Gasteiger partial charge on any atom is 0.202 e. The van der Waals surface area contributed by atoms with E-state index in [1.54, 1.807) is 13.0 Å². The summed E-state index contributed by atoms with van der Waals surface area (Å²) >= 11 is 0. The molecule has 0 aliphatic carbocycles. The quantitative estimate of drug-likeness (QED) is 0.529. The van der Waals surface area contributed by atoms with Crippen molar-refractivity contribution in [3.8, 4) is 6.07 Å². The number of nitrogens with zero attached hydrogens (tertiary/aromatic N) is 1. The number of hydrogen-bond donors (Lipinski definition) is 0. The fraction of sp³-hybridized carbons (Fsp3) is 0.143. The second kappa shape index (κ2) is 2.36. The molecule has 1 heterocycles. The average molecular weight is 135 g/mol. The van der Waals surface area contributed by atoms with Crippen LogP contribution in [0.3, 0.4) is 0 Å². The molecule has 1 aromatic rings. The third kappa shape index (κ3) is 1.06. The highest BCUT2D eigenvalue weighted by Gasteiger charge is 1.96. The van der Waals surface area contributed by atoms with E-state index in [1.165, 1.54) is 6.07 Å². The van der Waals surface area contributed by atoms with Crippen molar-refractivity contribution >= 4 is 0 Å². The fourth-order valence-corrected chi connectivity index (χ4v) is 0.588. The molecule has 3 heteroatoms. The first kappa shape index (κ1) is 6.56. The molecule has 0 amide bonds. The number of hydrogen-bond acceptors (Lipinski definition) is 3. The number of rotatable bonds is 0. The third-order valence-corrected chi connectivity index (χ3v) is 1.08. The molecule has 0 saturated heterocycles. The van der Waals surface area contributed by atoms with E-state index in [0.29, 0.717) is 5.76 Å². The van der Waals surface area contributed by atoms with Crippen LogP contribution < -0.4 is 5.43 Å². The topological polar surface area (TPSA) is 54.0 Å². The van der Waals surface area contributed by atoms with Gasteiger partial charge in [0.1, 0.15) is 23.7 Å². The smallest absolute Gasteiger partial charge is 0.202 e. The highest BCUT2D eigenvalue weighted by atomic mass is 16.3. The minimum Gasteiger partial charge on any atom is -0.468 e. The first-order valence-electron chi connectivity index (χ1n) is 2.73. The van der Waals surface area contributed by atoms with Crippen LogP contribution in [0.15, 0.2) is 21.5 Å². The molecule has 0 atom stereocenters. The van der Waals surface area contributed by atoms with Gasteiger partial charge in [0.05, 0.1) is 0 Å². The Hall–Kier alpha value is -1.56. The Morgan fingerprint density at radius 1 is 1.70 bits per heavy atom. The van der Waals surface area contributed by atoms with Gasteiger partial charge in [-0.2, -0.15) is 5.26 Å². The third-order valence-electron chi connectivity index (χ3n) is 1.08. The molecule has 0 N–H and O–H groups in total. The SMILES string of the molecule is Cc1cc(=O)c(C#N)co1. The van der Waals surface area contributed by atoms with Gasteiger partial charge >= 0.3 is 0 Å². The lowest BCUT2D eigenvalue weighted by molar-refractivity contribution is 0.513. The van der Waals surface area contributed by atoms with Gasteiger partial charge in [0.25, 0.3) is 0 Å². The van der Waals surface area contributed by atoms with Gasteiger partial charge in [-0.25, -0.2) is 0 Å². The fourth-order valence-electron chi connectivity index (χ4n) is 0.588. The predicted molar refractivity (Wildman–Crippen MR) is 34.4 cm³/mol. The maximum atomic E-state index is 10.8. The average Bonchev–Trinajstić information content (AvgIpc) is 1.88. The summed E-state index contributed by atoms with van der Waals surface area (Å²) in [5.41, 5.74) is -0.239. The van der Waals surface area contributed by atoms with E-state index in [2.05, 4.69) is 0 Å². The van der Waals surface area contributed by atoms with Crippen molar-refractivity contribution in [2.75, 3.05) is 0 Å². The molecule has 0 aliphatic rings. The second-order valence-electron chi connectivity index (χ2n) is 1.88. The van der Waals surface area contributed by atoms with Gasteiger partial charge in [0.2, 0.25) is 5.43 Å². The van der Waals surface area contributed by atoms with Crippen molar-refractivity contribution < 1.29 is 4.42 Å². The van der Waals surface area contributed by atoms with E-state index in [-0.39, 0.29) is 11.0 Å². The molecule has 0 bridgehead atoms. The van der Waals surface area contributed by atoms with Gasteiger partial charge in [-0.15, -0.1) is 0 Å². The Labute approximate surface area is 57.5 Å². The van der Waals surface area contributed by atoms with Crippen molar-refractivity contribution in [1.82, 2.24) is 0 Å². The summed E-state index contributed by atoms with van der Waals surface area (Å²) in [6.45, 7) is 1.66. The van der Waals surface area contributed by atoms with E-state index in [1.807, 2.05) is 0 Å². The molecule has 10 heavy (non-hydrogen) atoms. The Balaban J connectivity index is 3.38. The highest BCUT2D eigenvalue weighted by Crippen LogP contribution is 1.93. The summed E-state index contributed by atoms with van der Waals surface area (Å²) in [6, 6.07) is 3.01. The summed E-state index contributed by atoms with van der Waals surface area (Å²) in [7, 11) is 0. The molecule has 0 unspecified atom stereocenters. The maximum absolute atomic E-state index is 10.8. The van der Waals surface area contributed by atoms with Crippen molar-refractivity contribution in [3.05, 3.63) is 33.9 Å². The van der Waals surface area contributed by atoms with Crippen molar-refractivity contribution in [2.24, 2.45) is 0 Å². The molecule has 3 nitrogen and oxygen atoms in total. The van der Waals surface area contributed by atoms with Gasteiger partial charge in [-0.05, 0) is 6.92 Å². The number of aryl methyl sites for hydroxylation is 1. The zero-order valence-electron chi connectivity index (χ0n) is 5.42. The van der Waals surface area contributed by atoms with Crippen LogP contribution in [0.2, 0.25) is 0 Å². The zero-order valence-corrected chi connectivity index (χ0v) is 5.42. The Bertz CT molecular complexity index is 332. The first-order valence-corrected chi connectivity index (χ1v) is 2.73. The van der Waals surface area contributed by atoms with Crippen molar-refractivity contribution in [2.45, 2.75) is 6.92 Å². The molecule has 0 fully saturated rings. The zero-order chi connectivity index (χ0) is 7.56. The van der Waals surface area contributed by atoms with Crippen molar-refractivity contribution in [3.63, 3.8) is 0 Å². The summed E-state index contributed by atoms with van der Waals surface area (Å²) in [6.07, 6.45) is 1.16. The summed E-state index contributed by atoms with van der Waals surface area (Å²) in [4.78, 5) is 10.8. The van der Waals surface area contributed by atoms with Gasteiger partial charge in [0.15, 0.2) is 0 Å². The normalized spacial score (nSPS) is 8.80. The van der Waals surface area contributed by atoms with Gasteiger partial charge in [0, 0.05) is 6.07 Å². The first-order chi connectivity index (χ1) is 4.74. The molecule has 0 aromatic carbocycles. The molecule has 0 spiro atoms. The van der Waals surface area contributed by atoms with Crippen LogP contribution in [-0.2, 0) is 0 Å². The van der Waals surface area contributed by atoms with E-state index >= 15 is 0 Å². The van der Waals surface area contributed by atoms with E-state index < -0.39 is 0 Å². The van der Waals surface area contributed by atoms with E-state index in [9.17, 15) is 4.79 Å². The Kier molecular flexibility index (Phi) is 1.55. The molecule has 1 rings (SSSR count). The lowest BCUT2D eigenvalue weighted by atomic mass is 10.3. The summed E-state index contributed by atoms with van der Waals surface area (Å²) in [5, 5.41) is 8.30. The van der Waals surface area contributed by atoms with Crippen LogP contribution in [0.5, 0.6) is 0 Å². The summed E-state index contributed by atoms with van der Waals surface area (Å²) < 4.78 is 4.81. The van der Waals surface area contributed by atoms with Crippen LogP contribution in [0.4, 0.5) is 0 Å². The van der Waals surface area contributed by atoms with Crippen LogP contribution in [-0.4, -0.2) is 0 Å². The molecule has 1 aromatic heterocycles. The minimum atomic E-state index is -0.286. The van der Waals surface area contributed by atoms with Gasteiger partial charge in [-0.3, -0.25) is 4.79 Å². The Morgan fingerprint density at radius 2 is 2.40 bits per heavy atom. The summed E-state index contributed by atoms with van der Waals surface area (Å²) in [5.74, 6) is 0.518. The van der Waals surface area contributed by atoms with Crippen LogP contribution in [0.25, 0.3) is 0 Å². The molecular formula is C7H5NO2. The predicted octanol–water partition coefficient (Wildman–Crippen LogP) is 0.820. The van der Waals surface area contributed by atoms with E-state index in [0.717, 1.165) is 6.26 Å². The van der Waals surface area contributed by atoms with Crippen LogP contribution in [0.1, 0.15) is 11.3 Å². The standard InChI is InChI=1S/C7H5NO2/c1-5-2-7(9)6(3-8)4-10-5/h2,4H,1H3. The Morgan fingerprint density at radius 3 is 2.90 bits per heavy atom. The van der Waals surface area contributed by atoms with Crippen LogP contribution in [0, 0.1) is 18.3 Å².